The molecule has 3 aromatic rings. The number of anilines is 2. The second kappa shape index (κ2) is 11.2. The third-order valence-corrected chi connectivity index (χ3v) is 11.5. The molecular weight excluding hydrogens is 717 g/mol. The Morgan fingerprint density at radius 3 is 1.98 bits per heavy atom. The van der Waals surface area contributed by atoms with Crippen LogP contribution in [0, 0.1) is 52.7 Å². The number of phenols is 1. The fourth-order valence-electron chi connectivity index (χ4n) is 7.74. The van der Waals surface area contributed by atoms with E-state index < -0.39 is 110 Å². The predicted octanol–water partition coefficient (Wildman–Crippen LogP) is 6.20. The van der Waals surface area contributed by atoms with Gasteiger partial charge < -0.3 is 5.11 Å². The van der Waals surface area contributed by atoms with Crippen LogP contribution in [0.5, 0.6) is 5.75 Å². The van der Waals surface area contributed by atoms with Crippen LogP contribution in [0.2, 0.25) is 0 Å². The first-order chi connectivity index (χ1) is 23.5. The van der Waals surface area contributed by atoms with Crippen molar-refractivity contribution in [3.63, 3.8) is 0 Å². The largest absolute Gasteiger partial charge is 0.505 e. The maximum Gasteiger partial charge on any atom is 0.258 e. The van der Waals surface area contributed by atoms with E-state index in [0.29, 0.717) is 5.56 Å². The number of carbonyl (C=O) groups excluding carboxylic acids is 5. The molecule has 8 nitrogen and oxygen atoms in total. The predicted molar refractivity (Wildman–Crippen MR) is 163 cm³/mol. The smallest absolute Gasteiger partial charge is 0.258 e. The lowest BCUT2D eigenvalue weighted by molar-refractivity contribution is -0.125. The Hall–Kier alpha value is -4.69. The summed E-state index contributed by atoms with van der Waals surface area (Å²) < 4.78 is 87.8. The summed E-state index contributed by atoms with van der Waals surface area (Å²) in [5.74, 6) is -25.0. The summed E-state index contributed by atoms with van der Waals surface area (Å²) in [5.41, 5.74) is -1.62. The van der Waals surface area contributed by atoms with Gasteiger partial charge in [0.25, 0.3) is 11.8 Å². The summed E-state index contributed by atoms with van der Waals surface area (Å²) in [4.78, 5) is 63.0. The van der Waals surface area contributed by atoms with Crippen LogP contribution in [0.3, 0.4) is 0 Å². The van der Waals surface area contributed by atoms with Crippen LogP contribution in [0.15, 0.2) is 54.1 Å². The number of allylic oxidation sites excluding steroid dienone is 2. The maximum absolute atomic E-state index is 15.1. The summed E-state index contributed by atoms with van der Waals surface area (Å²) in [5, 5.41) is 9.90. The van der Waals surface area contributed by atoms with Crippen LogP contribution >= 0.6 is 23.2 Å². The molecular formula is C34H20Cl2F6N2O6. The zero-order valence-corrected chi connectivity index (χ0v) is 26.8. The molecule has 0 bridgehead atoms. The van der Waals surface area contributed by atoms with Gasteiger partial charge in [0.15, 0.2) is 50.4 Å². The van der Waals surface area contributed by atoms with Crippen molar-refractivity contribution < 1.29 is 55.4 Å². The van der Waals surface area contributed by atoms with Crippen LogP contribution in [0.4, 0.5) is 37.7 Å². The summed E-state index contributed by atoms with van der Waals surface area (Å²) >= 11 is 14.0. The molecule has 4 amide bonds. The van der Waals surface area contributed by atoms with E-state index in [0.717, 1.165) is 23.1 Å². The third kappa shape index (κ3) is 4.23. The number of hydrogen-bond donors (Lipinski definition) is 1. The van der Waals surface area contributed by atoms with Crippen LogP contribution in [0.1, 0.15) is 41.6 Å². The molecule has 2 saturated heterocycles. The summed E-state index contributed by atoms with van der Waals surface area (Å²) in [7, 11) is 0. The molecule has 1 N–H and O–H groups in total. The molecule has 258 valence electrons. The Morgan fingerprint density at radius 1 is 0.800 bits per heavy atom. The maximum atomic E-state index is 15.1. The lowest BCUT2D eigenvalue weighted by atomic mass is 9.56. The van der Waals surface area contributed by atoms with Gasteiger partial charge in [0.1, 0.15) is 5.69 Å². The Morgan fingerprint density at radius 2 is 1.40 bits per heavy atom. The van der Waals surface area contributed by atoms with Crippen molar-refractivity contribution in [1.82, 2.24) is 0 Å². The van der Waals surface area contributed by atoms with Crippen LogP contribution < -0.4 is 9.80 Å². The molecule has 1 saturated carbocycles. The van der Waals surface area contributed by atoms with E-state index in [2.05, 4.69) is 0 Å². The van der Waals surface area contributed by atoms with E-state index in [-0.39, 0.29) is 33.9 Å². The number of hydrogen-bond acceptors (Lipinski definition) is 6. The average molecular weight is 737 g/mol. The highest BCUT2D eigenvalue weighted by Gasteiger charge is 2.77. The number of carbonyl (C=O) groups is 5. The van der Waals surface area contributed by atoms with Gasteiger partial charge in [-0.2, -0.15) is 0 Å². The molecule has 2 aliphatic heterocycles. The first-order valence-electron chi connectivity index (χ1n) is 14.9. The Balaban J connectivity index is 1.41. The number of Topliss-reactive ketones (excluding diaryl/α,β-unsaturated/α-hetero) is 1. The highest BCUT2D eigenvalue weighted by Crippen LogP contribution is 2.66. The van der Waals surface area contributed by atoms with Crippen molar-refractivity contribution >= 4 is 64.0 Å². The molecule has 0 aromatic heterocycles. The molecule has 6 atom stereocenters. The second-order valence-corrected chi connectivity index (χ2v) is 13.8. The number of phenolic OH excluding ortho intramolecular Hbond substituents is 1. The Labute approximate surface area is 287 Å². The summed E-state index contributed by atoms with van der Waals surface area (Å²) in [6.45, 7) is 1.32. The minimum absolute atomic E-state index is 0.109. The number of fused-ring (bicyclic) bond motifs is 4. The normalized spacial score (nSPS) is 28.9. The van der Waals surface area contributed by atoms with Crippen molar-refractivity contribution in [2.45, 2.75) is 35.4 Å². The molecule has 0 radical (unpaired) electrons. The van der Waals surface area contributed by atoms with Crippen LogP contribution in [0.25, 0.3) is 0 Å². The van der Waals surface area contributed by atoms with Crippen molar-refractivity contribution in [1.29, 1.82) is 0 Å². The van der Waals surface area contributed by atoms with Crippen molar-refractivity contribution in [3.8, 4) is 5.75 Å². The molecule has 3 fully saturated rings. The third-order valence-electron chi connectivity index (χ3n) is 10.1. The molecule has 7 rings (SSSR count). The molecule has 6 unspecified atom stereocenters. The van der Waals surface area contributed by atoms with Gasteiger partial charge in [-0.25, -0.2) is 31.2 Å². The van der Waals surface area contributed by atoms with Gasteiger partial charge in [0.2, 0.25) is 17.6 Å². The molecule has 2 aliphatic carbocycles. The molecule has 4 aliphatic rings. The molecule has 50 heavy (non-hydrogen) atoms. The van der Waals surface area contributed by atoms with Gasteiger partial charge in [-0.05, 0) is 67.6 Å². The number of benzene rings is 3. The number of imide groups is 2. The fraction of sp³-hybridized carbons (Fsp3) is 0.265. The zero-order valence-electron chi connectivity index (χ0n) is 25.2. The quantitative estimate of drug-likeness (QED) is 0.0650. The van der Waals surface area contributed by atoms with Crippen LogP contribution in [-0.2, 0) is 19.2 Å². The summed E-state index contributed by atoms with van der Waals surface area (Å²) in [6.07, 6.45) is 0.578. The van der Waals surface area contributed by atoms with E-state index in [4.69, 9.17) is 23.2 Å². The SMILES string of the molecule is CC(=O)c1ccc(N2C(=O)C3CC=C4C(CC5(Cl)C(=O)N(c6c(F)c(F)c(F)c(F)c6F)C(=O)C5(Cl)C4c4ccc(O)c(F)c4)C3C2=O)cc1. The lowest BCUT2D eigenvalue weighted by Crippen LogP contribution is -2.60. The Bertz CT molecular complexity index is 2120. The van der Waals surface area contributed by atoms with Crippen molar-refractivity contribution in [2.75, 3.05) is 9.80 Å². The number of ketones is 1. The minimum atomic E-state index is -2.84. The lowest BCUT2D eigenvalue weighted by Gasteiger charge is -2.50. The first-order valence-corrected chi connectivity index (χ1v) is 15.7. The minimum Gasteiger partial charge on any atom is -0.505 e. The van der Waals surface area contributed by atoms with Gasteiger partial charge in [0.05, 0.1) is 17.5 Å². The van der Waals surface area contributed by atoms with E-state index >= 15 is 8.78 Å². The van der Waals surface area contributed by atoms with Gasteiger partial charge in [-0.3, -0.25) is 28.9 Å². The second-order valence-electron chi connectivity index (χ2n) is 12.5. The van der Waals surface area contributed by atoms with Gasteiger partial charge in [0, 0.05) is 11.5 Å². The van der Waals surface area contributed by atoms with Crippen molar-refractivity contribution in [3.05, 3.63) is 100 Å². The fourth-order valence-corrected chi connectivity index (χ4v) is 8.68. The van der Waals surface area contributed by atoms with Gasteiger partial charge >= 0.3 is 0 Å². The number of alkyl halides is 2. The molecule has 0 spiro atoms. The number of nitrogens with zero attached hydrogens (tertiary/aromatic N) is 2. The molecule has 16 heteroatoms. The van der Waals surface area contributed by atoms with E-state index in [1.54, 1.807) is 0 Å². The van der Waals surface area contributed by atoms with E-state index in [1.807, 2.05) is 0 Å². The number of amides is 4. The highest BCUT2D eigenvalue weighted by atomic mass is 35.5. The summed E-state index contributed by atoms with van der Waals surface area (Å²) in [6, 6.07) is 8.34. The van der Waals surface area contributed by atoms with E-state index in [1.165, 1.54) is 37.3 Å². The molecule has 2 heterocycles. The van der Waals surface area contributed by atoms with Crippen molar-refractivity contribution in [2.24, 2.45) is 17.8 Å². The van der Waals surface area contributed by atoms with Gasteiger partial charge in [-0.15, -0.1) is 23.2 Å². The standard InChI is InChI=1S/C34H20Cl2F6N2O6/c1-12(45)13-2-5-15(6-3-13)43-29(47)17-8-7-16-18(21(17)30(43)48)11-33(35)31(49)44(28-26(41)24(39)23(38)25(40)27(28)42)32(50)34(33,36)22(16)14-4-9-20(46)19(37)10-14/h2-7,9-10,17-18,21-22,46H,8,11H2,1H3. The van der Waals surface area contributed by atoms with E-state index in [9.17, 15) is 46.6 Å². The number of rotatable bonds is 4. The number of aromatic hydroxyl groups is 1. The zero-order chi connectivity index (χ0) is 36.4. The molecule has 3 aromatic carbocycles. The first kappa shape index (κ1) is 33.8. The Kier molecular flexibility index (Phi) is 7.54. The topological polar surface area (TPSA) is 112 Å². The monoisotopic (exact) mass is 736 g/mol. The average Bonchev–Trinajstić information content (AvgIpc) is 3.42. The highest BCUT2D eigenvalue weighted by molar-refractivity contribution is 6.58. The number of halogens is 8. The van der Waals surface area contributed by atoms with Gasteiger partial charge in [-0.1, -0.05) is 17.7 Å². The van der Waals surface area contributed by atoms with Crippen LogP contribution in [-0.4, -0.2) is 44.3 Å².